The molecule has 0 aliphatic rings. The fourth-order valence-electron chi connectivity index (χ4n) is 3.97. The van der Waals surface area contributed by atoms with Crippen molar-refractivity contribution in [1.82, 2.24) is 4.90 Å². The second kappa shape index (κ2) is 14.2. The van der Waals surface area contributed by atoms with Gasteiger partial charge in [-0.1, -0.05) is 39.0 Å². The molecular weight excluding hydrogens is 536 g/mol. The van der Waals surface area contributed by atoms with Crippen LogP contribution in [-0.4, -0.2) is 44.3 Å². The minimum absolute atomic E-state index is 0.101. The van der Waals surface area contributed by atoms with Gasteiger partial charge in [-0.3, -0.25) is 4.90 Å². The fourth-order valence-corrected chi connectivity index (χ4v) is 5.27. The first kappa shape index (κ1) is 31.0. The number of anilines is 2. The van der Waals surface area contributed by atoms with Gasteiger partial charge in [0, 0.05) is 28.2 Å². The second-order valence-electron chi connectivity index (χ2n) is 10.2. The maximum absolute atomic E-state index is 14.8. The molecule has 0 spiro atoms. The van der Waals surface area contributed by atoms with Crippen molar-refractivity contribution < 1.29 is 27.8 Å². The first-order chi connectivity index (χ1) is 19.0. The monoisotopic (exact) mass is 573 g/mol. The summed E-state index contributed by atoms with van der Waals surface area (Å²) in [5, 5.41) is 0.196. The van der Waals surface area contributed by atoms with Crippen molar-refractivity contribution in [2.75, 3.05) is 37.9 Å². The molecule has 0 atom stereocenters. The molecule has 3 rings (SSSR count). The van der Waals surface area contributed by atoms with Crippen LogP contribution >= 0.6 is 11.3 Å². The lowest BCUT2D eigenvalue weighted by Crippen LogP contribution is -2.33. The molecule has 3 aromatic rings. The molecule has 0 radical (unpaired) electrons. The van der Waals surface area contributed by atoms with E-state index in [-0.39, 0.29) is 29.3 Å². The molecule has 0 saturated heterocycles. The third-order valence-corrected chi connectivity index (χ3v) is 7.35. The summed E-state index contributed by atoms with van der Waals surface area (Å²) >= 11 is 1.17. The number of carbonyl (C=O) groups is 2. The Balaban J connectivity index is 2.26. The molecule has 2 N–H and O–H groups in total. The molecular formula is C30H37F2N3O4S. The lowest BCUT2D eigenvalue weighted by Gasteiger charge is -2.23. The lowest BCUT2D eigenvalue weighted by molar-refractivity contribution is 0.0487. The van der Waals surface area contributed by atoms with Gasteiger partial charge >= 0.3 is 12.1 Å². The zero-order chi connectivity index (χ0) is 29.4. The van der Waals surface area contributed by atoms with Gasteiger partial charge in [0.25, 0.3) is 0 Å². The molecule has 40 heavy (non-hydrogen) atoms. The first-order valence-electron chi connectivity index (χ1n) is 13.2. The van der Waals surface area contributed by atoms with Gasteiger partial charge in [-0.05, 0) is 62.7 Å². The third-order valence-electron chi connectivity index (χ3n) is 6.04. The number of nitrogens with zero attached hydrogens (tertiary/aromatic N) is 2. The molecule has 2 aromatic carbocycles. The molecule has 0 saturated carbocycles. The molecule has 1 amide bonds. The molecule has 0 aliphatic heterocycles. The molecule has 0 bridgehead atoms. The Morgan fingerprint density at radius 2 is 1.60 bits per heavy atom. The third kappa shape index (κ3) is 7.79. The number of rotatable bonds is 12. The van der Waals surface area contributed by atoms with Crippen molar-refractivity contribution in [3.8, 4) is 10.4 Å². The van der Waals surface area contributed by atoms with Crippen molar-refractivity contribution in [2.45, 2.75) is 46.7 Å². The van der Waals surface area contributed by atoms with Crippen LogP contribution in [0.5, 0.6) is 0 Å². The van der Waals surface area contributed by atoms with Crippen molar-refractivity contribution >= 4 is 34.1 Å². The Bertz CT molecular complexity index is 1290. The largest absolute Gasteiger partial charge is 0.462 e. The Labute approximate surface area is 238 Å². The van der Waals surface area contributed by atoms with E-state index in [2.05, 4.69) is 0 Å². The number of ether oxygens (including phenoxy) is 2. The SMILES string of the molecule is CCCOC(=O)N(Cc1c(F)cccc1F)c1sc(-c2ccc(N)cc2)c(CN(C)C)c1C(=O)OCCC(C)C. The quantitative estimate of drug-likeness (QED) is 0.184. The van der Waals surface area contributed by atoms with Gasteiger partial charge in [-0.2, -0.15) is 0 Å². The molecule has 10 heteroatoms. The van der Waals surface area contributed by atoms with Gasteiger partial charge in [-0.25, -0.2) is 18.4 Å². The van der Waals surface area contributed by atoms with Crippen LogP contribution in [0.4, 0.5) is 24.3 Å². The minimum Gasteiger partial charge on any atom is -0.462 e. The summed E-state index contributed by atoms with van der Waals surface area (Å²) in [4.78, 5) is 30.8. The Morgan fingerprint density at radius 1 is 0.950 bits per heavy atom. The van der Waals surface area contributed by atoms with Crippen LogP contribution in [0, 0.1) is 17.6 Å². The highest BCUT2D eigenvalue weighted by atomic mass is 32.1. The Kier molecular flexibility index (Phi) is 11.0. The molecule has 216 valence electrons. The van der Waals surface area contributed by atoms with Crippen LogP contribution in [0.2, 0.25) is 0 Å². The molecule has 0 unspecified atom stereocenters. The number of halogens is 2. The number of hydrogen-bond acceptors (Lipinski definition) is 7. The minimum atomic E-state index is -0.817. The van der Waals surface area contributed by atoms with Crippen LogP contribution in [0.25, 0.3) is 10.4 Å². The predicted molar refractivity (Wildman–Crippen MR) is 155 cm³/mol. The smallest absolute Gasteiger partial charge is 0.415 e. The zero-order valence-electron chi connectivity index (χ0n) is 23.6. The summed E-state index contributed by atoms with van der Waals surface area (Å²) in [6.45, 7) is 6.04. The van der Waals surface area contributed by atoms with E-state index in [0.717, 1.165) is 22.6 Å². The highest BCUT2D eigenvalue weighted by molar-refractivity contribution is 7.20. The molecule has 1 heterocycles. The highest BCUT2D eigenvalue weighted by Crippen LogP contribution is 2.44. The number of nitrogen functional groups attached to an aromatic ring is 1. The average molecular weight is 574 g/mol. The normalized spacial score (nSPS) is 11.2. The Morgan fingerprint density at radius 3 is 2.17 bits per heavy atom. The summed E-state index contributed by atoms with van der Waals surface area (Å²) in [7, 11) is 3.72. The van der Waals surface area contributed by atoms with E-state index in [1.165, 1.54) is 17.4 Å². The molecule has 0 fully saturated rings. The topological polar surface area (TPSA) is 85.1 Å². The average Bonchev–Trinajstić information content (AvgIpc) is 3.25. The van der Waals surface area contributed by atoms with E-state index >= 15 is 0 Å². The van der Waals surface area contributed by atoms with Gasteiger partial charge in [0.2, 0.25) is 0 Å². The number of nitrogens with two attached hydrogens (primary N) is 1. The number of hydrogen-bond donors (Lipinski definition) is 1. The van der Waals surface area contributed by atoms with E-state index in [0.29, 0.717) is 41.4 Å². The Hall–Kier alpha value is -3.50. The second-order valence-corrected chi connectivity index (χ2v) is 11.2. The summed E-state index contributed by atoms with van der Waals surface area (Å²) in [6.07, 6.45) is 0.384. The van der Waals surface area contributed by atoms with Crippen molar-refractivity contribution in [2.24, 2.45) is 5.92 Å². The molecule has 1 aromatic heterocycles. The summed E-state index contributed by atoms with van der Waals surface area (Å²) in [5.74, 6) is -1.92. The molecule has 0 aliphatic carbocycles. The van der Waals surface area contributed by atoms with Gasteiger partial charge in [-0.15, -0.1) is 11.3 Å². The van der Waals surface area contributed by atoms with Crippen LogP contribution in [0.3, 0.4) is 0 Å². The van der Waals surface area contributed by atoms with Gasteiger partial charge in [0.1, 0.15) is 16.6 Å². The van der Waals surface area contributed by atoms with E-state index in [4.69, 9.17) is 15.2 Å². The maximum atomic E-state index is 14.8. The number of benzene rings is 2. The highest BCUT2D eigenvalue weighted by Gasteiger charge is 2.33. The van der Waals surface area contributed by atoms with Crippen molar-refractivity contribution in [1.29, 1.82) is 0 Å². The van der Waals surface area contributed by atoms with Crippen LogP contribution in [0.1, 0.15) is 55.1 Å². The number of amides is 1. The number of thiophene rings is 1. The lowest BCUT2D eigenvalue weighted by atomic mass is 10.0. The van der Waals surface area contributed by atoms with Crippen molar-refractivity contribution in [3.05, 3.63) is 70.8 Å². The van der Waals surface area contributed by atoms with Crippen LogP contribution in [-0.2, 0) is 22.6 Å². The van der Waals surface area contributed by atoms with E-state index in [9.17, 15) is 18.4 Å². The van der Waals surface area contributed by atoms with Gasteiger partial charge < -0.3 is 20.1 Å². The zero-order valence-corrected chi connectivity index (χ0v) is 24.4. The standard InChI is InChI=1S/C30H37F2N3O4S/c1-6-15-39-30(37)35(18-22-24(31)8-7-9-25(22)32)28-26(29(36)38-16-14-19(2)3)23(17-34(4)5)27(40-28)20-10-12-21(33)13-11-20/h7-13,19H,6,14-18,33H2,1-5H3. The number of carbonyl (C=O) groups excluding carboxylic acids is 2. The fraction of sp³-hybridized carbons (Fsp3) is 0.400. The maximum Gasteiger partial charge on any atom is 0.415 e. The van der Waals surface area contributed by atoms with Crippen LogP contribution in [0.15, 0.2) is 42.5 Å². The van der Waals surface area contributed by atoms with Gasteiger partial charge in [0.15, 0.2) is 0 Å². The van der Waals surface area contributed by atoms with Gasteiger partial charge in [0.05, 0.1) is 25.3 Å². The first-order valence-corrected chi connectivity index (χ1v) is 14.1. The van der Waals surface area contributed by atoms with E-state index in [1.807, 2.05) is 51.9 Å². The predicted octanol–water partition coefficient (Wildman–Crippen LogP) is 7.09. The van der Waals surface area contributed by atoms with Crippen LogP contribution < -0.4 is 10.6 Å². The molecule has 7 nitrogen and oxygen atoms in total. The van der Waals surface area contributed by atoms with E-state index in [1.54, 1.807) is 12.1 Å². The van der Waals surface area contributed by atoms with Crippen molar-refractivity contribution in [3.63, 3.8) is 0 Å². The summed E-state index contributed by atoms with van der Waals surface area (Å²) in [5.41, 5.74) is 7.75. The summed E-state index contributed by atoms with van der Waals surface area (Å²) < 4.78 is 40.7. The number of esters is 1. The summed E-state index contributed by atoms with van der Waals surface area (Å²) in [6, 6.07) is 10.7. The van der Waals surface area contributed by atoms with E-state index < -0.39 is 30.2 Å².